The molecule has 1 amide bonds. The van der Waals surface area contributed by atoms with Gasteiger partial charge < -0.3 is 19.3 Å². The van der Waals surface area contributed by atoms with Crippen molar-refractivity contribution in [2.75, 3.05) is 14.2 Å². The van der Waals surface area contributed by atoms with Crippen molar-refractivity contribution in [2.45, 2.75) is 13.2 Å². The monoisotopic (exact) mass is 342 g/mol. The lowest BCUT2D eigenvalue weighted by Gasteiger charge is -2.20. The molecule has 7 heteroatoms. The van der Waals surface area contributed by atoms with Gasteiger partial charge >= 0.3 is 0 Å². The van der Waals surface area contributed by atoms with E-state index in [0.29, 0.717) is 22.6 Å². The molecule has 1 heterocycles. The average Bonchev–Trinajstić information content (AvgIpc) is 3.07. The van der Waals surface area contributed by atoms with Crippen LogP contribution in [0.5, 0.6) is 17.2 Å². The van der Waals surface area contributed by atoms with E-state index in [1.165, 1.54) is 25.1 Å². The lowest BCUT2D eigenvalue weighted by Crippen LogP contribution is -2.25. The molecule has 0 saturated carbocycles. The number of phenols is 1. The van der Waals surface area contributed by atoms with Gasteiger partial charge in [-0.3, -0.25) is 4.79 Å². The smallest absolute Gasteiger partial charge is 0.243 e. The lowest BCUT2D eigenvalue weighted by atomic mass is 10.1. The Hall–Kier alpha value is -3.22. The zero-order chi connectivity index (χ0) is 18.0. The molecule has 3 rings (SSSR count). The van der Waals surface area contributed by atoms with Crippen LogP contribution in [0.2, 0.25) is 0 Å². The van der Waals surface area contributed by atoms with Crippen LogP contribution in [0.4, 0.5) is 0 Å². The number of carbonyl (C=O) groups excluding carboxylic acids is 1. The molecule has 0 aromatic heterocycles. The Kier molecular flexibility index (Phi) is 4.47. The van der Waals surface area contributed by atoms with Crippen LogP contribution in [0.25, 0.3) is 0 Å². The molecule has 130 valence electrons. The summed E-state index contributed by atoms with van der Waals surface area (Å²) < 4.78 is 16.2. The lowest BCUT2D eigenvalue weighted by molar-refractivity contribution is -0.135. The number of hydrazone groups is 1. The first kappa shape index (κ1) is 16.6. The zero-order valence-corrected chi connectivity index (χ0v) is 14.1. The molecule has 0 unspecified atom stereocenters. The number of benzene rings is 2. The SMILES string of the molecule is COc1ccc(C2=NN(C(C)=O)[C@H](c3cc(OC)ccc3O)O2)cc1. The van der Waals surface area contributed by atoms with Gasteiger partial charge in [-0.15, -0.1) is 5.10 Å². The predicted octanol–water partition coefficient (Wildman–Crippen LogP) is 2.65. The number of nitrogens with zero attached hydrogens (tertiary/aromatic N) is 2. The molecule has 25 heavy (non-hydrogen) atoms. The molecule has 0 radical (unpaired) electrons. The first-order valence-electron chi connectivity index (χ1n) is 7.60. The minimum Gasteiger partial charge on any atom is -0.507 e. The molecule has 0 bridgehead atoms. The molecule has 1 aliphatic rings. The molecule has 2 aromatic rings. The van der Waals surface area contributed by atoms with Crippen molar-refractivity contribution in [3.63, 3.8) is 0 Å². The van der Waals surface area contributed by atoms with Crippen LogP contribution in [-0.2, 0) is 9.53 Å². The fourth-order valence-corrected chi connectivity index (χ4v) is 2.48. The second-order valence-corrected chi connectivity index (χ2v) is 5.39. The van der Waals surface area contributed by atoms with Crippen molar-refractivity contribution in [1.29, 1.82) is 0 Å². The van der Waals surface area contributed by atoms with Gasteiger partial charge in [0.1, 0.15) is 17.2 Å². The van der Waals surface area contributed by atoms with Crippen LogP contribution in [-0.4, -0.2) is 36.1 Å². The molecule has 0 aliphatic carbocycles. The molecular weight excluding hydrogens is 324 g/mol. The summed E-state index contributed by atoms with van der Waals surface area (Å²) in [5, 5.41) is 15.6. The normalized spacial score (nSPS) is 16.2. The van der Waals surface area contributed by atoms with Gasteiger partial charge in [0.05, 0.1) is 19.8 Å². The molecule has 7 nitrogen and oxygen atoms in total. The number of phenolic OH excluding ortho intramolecular Hbond substituents is 1. The van der Waals surface area contributed by atoms with E-state index < -0.39 is 6.23 Å². The van der Waals surface area contributed by atoms with E-state index in [0.717, 1.165) is 0 Å². The fraction of sp³-hybridized carbons (Fsp3) is 0.222. The fourth-order valence-electron chi connectivity index (χ4n) is 2.48. The van der Waals surface area contributed by atoms with Crippen LogP contribution < -0.4 is 9.47 Å². The Morgan fingerprint density at radius 2 is 1.76 bits per heavy atom. The molecule has 0 fully saturated rings. The number of methoxy groups -OCH3 is 2. The molecule has 1 atom stereocenters. The van der Waals surface area contributed by atoms with Crippen molar-refractivity contribution in [1.82, 2.24) is 5.01 Å². The van der Waals surface area contributed by atoms with Gasteiger partial charge in [-0.2, -0.15) is 5.01 Å². The van der Waals surface area contributed by atoms with E-state index in [9.17, 15) is 9.90 Å². The van der Waals surface area contributed by atoms with Crippen molar-refractivity contribution < 1.29 is 24.1 Å². The Labute approximate surface area is 145 Å². The van der Waals surface area contributed by atoms with E-state index in [-0.39, 0.29) is 17.6 Å². The summed E-state index contributed by atoms with van der Waals surface area (Å²) in [6.07, 6.45) is -0.871. The maximum Gasteiger partial charge on any atom is 0.243 e. The summed E-state index contributed by atoms with van der Waals surface area (Å²) in [5.74, 6) is 1.20. The standard InChI is InChI=1S/C18H18N2O5/c1-11(21)20-18(15-10-14(24-3)8-9-16(15)22)25-17(19-20)12-4-6-13(23-2)7-5-12/h4-10,18,22H,1-3H3/t18-/m0/s1. The van der Waals surface area contributed by atoms with E-state index >= 15 is 0 Å². The van der Waals surface area contributed by atoms with Gasteiger partial charge in [0.2, 0.25) is 18.0 Å². The number of hydrogen-bond acceptors (Lipinski definition) is 6. The molecule has 0 saturated heterocycles. The summed E-state index contributed by atoms with van der Waals surface area (Å²) in [6.45, 7) is 1.38. The first-order chi connectivity index (χ1) is 12.0. The van der Waals surface area contributed by atoms with Crippen molar-refractivity contribution >= 4 is 11.8 Å². The molecule has 1 N–H and O–H groups in total. The Bertz CT molecular complexity index is 817. The summed E-state index contributed by atoms with van der Waals surface area (Å²) in [7, 11) is 3.10. The quantitative estimate of drug-likeness (QED) is 0.924. The third-order valence-electron chi connectivity index (χ3n) is 3.80. The van der Waals surface area contributed by atoms with E-state index in [1.807, 2.05) is 0 Å². The average molecular weight is 342 g/mol. The Morgan fingerprint density at radius 1 is 1.12 bits per heavy atom. The van der Waals surface area contributed by atoms with Gasteiger partial charge in [0.15, 0.2) is 0 Å². The number of hydrogen-bond donors (Lipinski definition) is 1. The number of ether oxygens (including phenoxy) is 3. The predicted molar refractivity (Wildman–Crippen MR) is 90.5 cm³/mol. The van der Waals surface area contributed by atoms with Crippen LogP contribution in [0, 0.1) is 0 Å². The topological polar surface area (TPSA) is 80.6 Å². The highest BCUT2D eigenvalue weighted by atomic mass is 16.5. The van der Waals surface area contributed by atoms with Crippen molar-refractivity contribution in [3.8, 4) is 17.2 Å². The van der Waals surface area contributed by atoms with E-state index in [2.05, 4.69) is 5.10 Å². The number of carbonyl (C=O) groups is 1. The third-order valence-corrected chi connectivity index (χ3v) is 3.80. The maximum atomic E-state index is 12.0. The highest BCUT2D eigenvalue weighted by molar-refractivity contribution is 5.96. The Balaban J connectivity index is 1.95. The summed E-state index contributed by atoms with van der Waals surface area (Å²) in [5.41, 5.74) is 1.08. The van der Waals surface area contributed by atoms with Crippen LogP contribution in [0.1, 0.15) is 24.3 Å². The van der Waals surface area contributed by atoms with Crippen molar-refractivity contribution in [2.24, 2.45) is 5.10 Å². The van der Waals surface area contributed by atoms with E-state index in [4.69, 9.17) is 14.2 Å². The van der Waals surface area contributed by atoms with E-state index in [1.54, 1.807) is 43.5 Å². The second kappa shape index (κ2) is 6.72. The van der Waals surface area contributed by atoms with Gasteiger partial charge in [-0.25, -0.2) is 0 Å². The van der Waals surface area contributed by atoms with Gasteiger partial charge in [-0.05, 0) is 42.5 Å². The highest BCUT2D eigenvalue weighted by Gasteiger charge is 2.35. The second-order valence-electron chi connectivity index (χ2n) is 5.39. The Morgan fingerprint density at radius 3 is 2.36 bits per heavy atom. The molecule has 1 aliphatic heterocycles. The van der Waals surface area contributed by atoms with Crippen LogP contribution in [0.15, 0.2) is 47.6 Å². The third kappa shape index (κ3) is 3.21. The van der Waals surface area contributed by atoms with Crippen molar-refractivity contribution in [3.05, 3.63) is 53.6 Å². The minimum absolute atomic E-state index is 0.0109. The first-order valence-corrected chi connectivity index (χ1v) is 7.60. The van der Waals surface area contributed by atoms with Crippen LogP contribution in [0.3, 0.4) is 0 Å². The van der Waals surface area contributed by atoms with Gasteiger partial charge in [0.25, 0.3) is 0 Å². The molecule has 0 spiro atoms. The minimum atomic E-state index is -0.871. The number of aromatic hydroxyl groups is 1. The summed E-state index contributed by atoms with van der Waals surface area (Å²) in [4.78, 5) is 12.0. The van der Waals surface area contributed by atoms with Crippen LogP contribution >= 0.6 is 0 Å². The summed E-state index contributed by atoms with van der Waals surface area (Å²) in [6, 6.07) is 11.8. The van der Waals surface area contributed by atoms with Gasteiger partial charge in [-0.1, -0.05) is 0 Å². The number of rotatable bonds is 4. The number of amides is 1. The zero-order valence-electron chi connectivity index (χ0n) is 14.1. The van der Waals surface area contributed by atoms with Gasteiger partial charge in [0, 0.05) is 12.5 Å². The largest absolute Gasteiger partial charge is 0.507 e. The highest BCUT2D eigenvalue weighted by Crippen LogP contribution is 2.37. The molecule has 2 aromatic carbocycles. The maximum absolute atomic E-state index is 12.0. The summed E-state index contributed by atoms with van der Waals surface area (Å²) >= 11 is 0. The molecular formula is C18H18N2O5.